The van der Waals surface area contributed by atoms with E-state index in [9.17, 15) is 0 Å². The van der Waals surface area contributed by atoms with Gasteiger partial charge in [0, 0.05) is 40.5 Å². The maximum Gasteiger partial charge on any atom is 0.135 e. The highest BCUT2D eigenvalue weighted by Crippen LogP contribution is 2.52. The Morgan fingerprint density at radius 2 is 0.670 bits per heavy atom. The lowest BCUT2D eigenvalue weighted by Crippen LogP contribution is -2.26. The van der Waals surface area contributed by atoms with Gasteiger partial charge < -0.3 is 28.6 Å². The largest absolute Gasteiger partial charge is 0.456 e. The quantitative estimate of drug-likeness (QED) is 0.0994. The normalized spacial score (nSPS) is 23.2. The van der Waals surface area contributed by atoms with Gasteiger partial charge in [-0.25, -0.2) is 0 Å². The van der Waals surface area contributed by atoms with E-state index in [0.717, 1.165) is 62.4 Å². The minimum Gasteiger partial charge on any atom is -0.456 e. The molecule has 6 nitrogen and oxygen atoms in total. The summed E-state index contributed by atoms with van der Waals surface area (Å²) >= 11 is 0. The van der Waals surface area contributed by atoms with E-state index in [4.69, 9.17) is 55.1 Å². The number of nitrogens with zero attached hydrogens (tertiary/aromatic N) is 1. The third-order valence-electron chi connectivity index (χ3n) is 22.9. The number of hydrogen-bond donors (Lipinski definition) is 0. The van der Waals surface area contributed by atoms with E-state index in [1.165, 1.54) is 121 Å². The zero-order chi connectivity index (χ0) is 73.1. The van der Waals surface area contributed by atoms with Gasteiger partial charge in [-0.2, -0.15) is 0 Å². The van der Waals surface area contributed by atoms with Crippen LogP contribution in [0.15, 0.2) is 301 Å². The van der Waals surface area contributed by atoms with Crippen LogP contribution in [0.3, 0.4) is 0 Å². The number of rotatable bonds is 4. The average Bonchev–Trinajstić information content (AvgIpc) is 0.795. The van der Waals surface area contributed by atoms with Gasteiger partial charge in [0.15, 0.2) is 0 Å². The molecule has 0 saturated carbocycles. The highest BCUT2D eigenvalue weighted by atomic mass is 16.5. The summed E-state index contributed by atoms with van der Waals surface area (Å²) in [5.41, 5.74) is 22.3. The van der Waals surface area contributed by atoms with Crippen molar-refractivity contribution in [1.29, 1.82) is 0 Å². The number of hydrogen-bond acceptors (Lipinski definition) is 6. The zero-order valence-electron chi connectivity index (χ0n) is 61.4. The van der Waals surface area contributed by atoms with Crippen molar-refractivity contribution in [3.05, 3.63) is 335 Å². The van der Waals surface area contributed by atoms with Crippen molar-refractivity contribution < 1.29 is 23.7 Å². The Balaban J connectivity index is 0.000000104. The Labute approximate surface area is 627 Å². The van der Waals surface area contributed by atoms with E-state index >= 15 is 0 Å². The molecule has 510 valence electrons. The molecule has 0 bridgehead atoms. The lowest BCUT2D eigenvalue weighted by Gasteiger charge is -2.28. The van der Waals surface area contributed by atoms with E-state index in [0.29, 0.717) is 0 Å². The Hall–Kier alpha value is -10.4. The van der Waals surface area contributed by atoms with Crippen LogP contribution in [-0.4, -0.2) is 62.8 Å². The molecule has 0 fully saturated rings. The summed E-state index contributed by atoms with van der Waals surface area (Å²) in [5.74, 6) is 1.75. The fourth-order valence-electron chi connectivity index (χ4n) is 16.8. The van der Waals surface area contributed by atoms with Crippen LogP contribution >= 0.6 is 0 Å². The van der Waals surface area contributed by atoms with Crippen molar-refractivity contribution in [3.63, 3.8) is 0 Å². The lowest BCUT2D eigenvalue weighted by molar-refractivity contribution is 0.0360. The number of ether oxygens (including phenoxy) is 5. The SMILES string of the molecule is [B]C1(c2ccc3c(c2)-c2cccc4cccc(c24)O3)C=C(C)C(C)O1.[B]C1(c2ccc3c(c2)-c2ccccc2-c2ccccc2N3C)C=C(C)C(C)O1.[B]C1(c2ccc3c(c2)-c2ccccc2Cc2ccccc2-3)C=C(C)C(C)O1.[B]C1(c2ccc3c4ccccc4c4ccccc4c3c2)C=C(C)C(C)O1. The van der Waals surface area contributed by atoms with E-state index < -0.39 is 22.0 Å². The number of benzene rings is 13. The van der Waals surface area contributed by atoms with Gasteiger partial charge in [-0.1, -0.05) is 231 Å². The molecule has 0 saturated heterocycles. The van der Waals surface area contributed by atoms with Crippen LogP contribution < -0.4 is 9.64 Å². The molecule has 8 radical (unpaired) electrons. The molecule has 6 aliphatic heterocycles. The van der Waals surface area contributed by atoms with Crippen molar-refractivity contribution in [2.24, 2.45) is 0 Å². The van der Waals surface area contributed by atoms with E-state index in [1.54, 1.807) is 0 Å². The number of fused-ring (bicyclic) bond motifs is 18. The Bertz CT molecular complexity index is 5850. The Morgan fingerprint density at radius 1 is 0.302 bits per heavy atom. The van der Waals surface area contributed by atoms with Crippen LogP contribution in [0.25, 0.3) is 98.7 Å². The summed E-state index contributed by atoms with van der Waals surface area (Å²) in [4.78, 5) is 2.26. The van der Waals surface area contributed by atoms with Crippen LogP contribution in [0, 0.1) is 0 Å². The summed E-state index contributed by atoms with van der Waals surface area (Å²) in [7, 11) is 28.6. The predicted octanol–water partition coefficient (Wildman–Crippen LogP) is 22.5. The summed E-state index contributed by atoms with van der Waals surface area (Å²) in [5, 5.41) is 9.86. The van der Waals surface area contributed by atoms with Crippen LogP contribution in [0.5, 0.6) is 11.5 Å². The molecule has 13 aromatic rings. The molecule has 1 aliphatic carbocycles. The maximum absolute atomic E-state index is 6.66. The molecular weight excluding hydrogens is 1290 g/mol. The molecule has 0 aromatic heterocycles. The highest BCUT2D eigenvalue weighted by molar-refractivity contribution is 6.26. The number of anilines is 2. The van der Waals surface area contributed by atoms with Crippen LogP contribution in [0.4, 0.5) is 11.4 Å². The first-order valence-corrected chi connectivity index (χ1v) is 36.9. The molecule has 0 amide bonds. The number of para-hydroxylation sites is 1. The van der Waals surface area contributed by atoms with Crippen molar-refractivity contribution in [2.75, 3.05) is 11.9 Å². The third kappa shape index (κ3) is 11.9. The van der Waals surface area contributed by atoms with Crippen LogP contribution in [0.2, 0.25) is 0 Å². The minimum atomic E-state index is -0.886. The molecule has 8 atom stereocenters. The van der Waals surface area contributed by atoms with Gasteiger partial charge in [-0.05, 0) is 243 Å². The van der Waals surface area contributed by atoms with Gasteiger partial charge in [0.2, 0.25) is 0 Å². The summed E-state index contributed by atoms with van der Waals surface area (Å²) < 4.78 is 30.5. The van der Waals surface area contributed by atoms with Gasteiger partial charge in [0.25, 0.3) is 0 Å². The van der Waals surface area contributed by atoms with Crippen molar-refractivity contribution in [1.82, 2.24) is 0 Å². The van der Waals surface area contributed by atoms with E-state index in [1.807, 2.05) is 63.3 Å². The summed E-state index contributed by atoms with van der Waals surface area (Å²) in [6.45, 7) is 16.4. The Kier molecular flexibility index (Phi) is 17.2. The molecule has 7 aliphatic rings. The van der Waals surface area contributed by atoms with Gasteiger partial charge in [0.1, 0.15) is 42.9 Å². The van der Waals surface area contributed by atoms with Crippen molar-refractivity contribution in [2.45, 2.75) is 108 Å². The molecule has 10 heteroatoms. The third-order valence-corrected chi connectivity index (χ3v) is 22.9. The second-order valence-corrected chi connectivity index (χ2v) is 29.7. The second-order valence-electron chi connectivity index (χ2n) is 29.7. The second kappa shape index (κ2) is 26.6. The topological polar surface area (TPSA) is 49.4 Å². The molecule has 106 heavy (non-hydrogen) atoms. The first kappa shape index (κ1) is 68.7. The molecule has 13 aromatic carbocycles. The molecule has 20 rings (SSSR count). The standard InChI is InChI=1S/C25H22BNO.C25H21BO.C24H19BO.C22H17BO2/c1-16-15-25(26,28-17(16)2)18-12-13-24-22(14-18)20-9-5-4-8-19(20)21-10-6-7-11-23(21)27(24)3;1-16-15-25(26,27-17(16)2)20-11-12-23-21-9-5-3-7-18(21)13-19-8-4-6-10-22(19)24(23)14-20;1-15-14-24(25,26-16(15)2)17-11-12-22-20-9-4-3-7-18(20)19-8-5-6-10-21(19)23(22)13-17;1-13-12-22(23,25-14(13)2)16-9-10-19-18(11-16)17-7-3-5-15-6-4-8-20(24-19)21(15)17/h4-15,17H,1-3H3;3-12,14-15,17H,13H2,1-2H3;3-14,16H,1-2H3;3-12,14H,1-2H3. The Morgan fingerprint density at radius 3 is 1.20 bits per heavy atom. The zero-order valence-corrected chi connectivity index (χ0v) is 61.4. The fourth-order valence-corrected chi connectivity index (χ4v) is 16.8. The molecule has 8 unspecified atom stereocenters. The van der Waals surface area contributed by atoms with Gasteiger partial charge in [-0.15, -0.1) is 0 Å². The predicted molar refractivity (Wildman–Crippen MR) is 441 cm³/mol. The summed E-state index contributed by atoms with van der Waals surface area (Å²) in [6.07, 6.45) is 9.24. The minimum absolute atomic E-state index is 0.0291. The molecule has 0 spiro atoms. The lowest BCUT2D eigenvalue weighted by atomic mass is 9.74. The molecule has 0 N–H and O–H groups in total. The van der Waals surface area contributed by atoms with Crippen molar-refractivity contribution in [3.8, 4) is 67.1 Å². The average molecular weight is 1370 g/mol. The molecular formula is C96H79B4NO5. The van der Waals surface area contributed by atoms with Crippen LogP contribution in [0.1, 0.15) is 88.8 Å². The van der Waals surface area contributed by atoms with Crippen LogP contribution in [-0.2, 0) is 47.4 Å². The van der Waals surface area contributed by atoms with Gasteiger partial charge >= 0.3 is 0 Å². The smallest absolute Gasteiger partial charge is 0.135 e. The summed E-state index contributed by atoms with van der Waals surface area (Å²) in [6, 6.07) is 89.7. The maximum atomic E-state index is 6.66. The van der Waals surface area contributed by atoms with Crippen molar-refractivity contribution >= 4 is 85.8 Å². The molecule has 6 heterocycles. The fraction of sp³-hybridized carbons (Fsp3) is 0.188. The van der Waals surface area contributed by atoms with E-state index in [-0.39, 0.29) is 24.4 Å². The van der Waals surface area contributed by atoms with Gasteiger partial charge in [0.05, 0.1) is 46.4 Å². The monoisotopic (exact) mass is 1370 g/mol. The first-order chi connectivity index (χ1) is 51.1. The van der Waals surface area contributed by atoms with Gasteiger partial charge in [-0.3, -0.25) is 0 Å². The highest BCUT2D eigenvalue weighted by Gasteiger charge is 2.39. The van der Waals surface area contributed by atoms with E-state index in [2.05, 4.69) is 283 Å². The first-order valence-electron chi connectivity index (χ1n) is 36.9.